The van der Waals surface area contributed by atoms with Crippen LogP contribution in [-0.2, 0) is 20.1 Å². The monoisotopic (exact) mass is 1080 g/mol. The Morgan fingerprint density at radius 2 is 0.928 bits per heavy atom. The molecule has 1 aliphatic rings. The van der Waals surface area contributed by atoms with Crippen LogP contribution >= 0.6 is 0 Å². The maximum absolute atomic E-state index is 13.7. The molecule has 0 saturated heterocycles. The van der Waals surface area contributed by atoms with E-state index >= 15 is 0 Å². The molecule has 1 radical (unpaired) electrons. The predicted octanol–water partition coefficient (Wildman–Crippen LogP) is 16.1. The molecule has 0 aliphatic carbocycles. The molecule has 0 bridgehead atoms. The predicted molar refractivity (Wildman–Crippen MR) is 275 cm³/mol. The zero-order valence-electron chi connectivity index (χ0n) is 39.1. The van der Waals surface area contributed by atoms with Gasteiger partial charge >= 0.3 is 0 Å². The standard InChI is InChI=1S/C35H29F2N.C27H21N3.Ir/c1-22(2)31-18-27(24-8-6-5-7-9-24)19-32(23(3)4)35(31)28-20-33(25-10-14-29(36)15-11-25)38-34(21-28)26-12-16-30(37)17-13-26;1-29-16-17-30(20-29)27-19-25(18-26(28-27)24-10-6-3-7-11-24)23-14-12-22(13-15-23)21-8-4-2-5-9-21;/h5-10,12,14-23H,1-4H3;2-10,12-20H,1H3;/q2*-2;. The van der Waals surface area contributed by atoms with Crippen molar-refractivity contribution >= 4 is 5.82 Å². The van der Waals surface area contributed by atoms with Crippen molar-refractivity contribution in [2.75, 3.05) is 11.9 Å². The zero-order valence-corrected chi connectivity index (χ0v) is 41.5. The van der Waals surface area contributed by atoms with E-state index in [-0.39, 0.29) is 43.6 Å². The summed E-state index contributed by atoms with van der Waals surface area (Å²) in [5.74, 6) is 0.713. The SMILES string of the molecule is CC(C)c1cc(-c2ccccc2)cc(C(C)C)c1-c1cc(-c2[c-]cc(F)cc2)nc(-c2[c-]cc(F)cc2)c1.CN1C=CN(c2cc(-c3ccc(-c4ccccc4)cc3)cc(-c3[c-]cccc3)n2)[CH-]1.[Ir]. The molecule has 345 valence electrons. The van der Waals surface area contributed by atoms with E-state index in [4.69, 9.17) is 9.97 Å². The Morgan fingerprint density at radius 1 is 0.464 bits per heavy atom. The molecule has 0 fully saturated rings. The molecule has 69 heavy (non-hydrogen) atoms. The summed E-state index contributed by atoms with van der Waals surface area (Å²) < 4.78 is 27.4. The van der Waals surface area contributed by atoms with E-state index in [1.54, 1.807) is 12.1 Å². The summed E-state index contributed by atoms with van der Waals surface area (Å²) >= 11 is 0. The Bertz CT molecular complexity index is 3060. The fourth-order valence-electron chi connectivity index (χ4n) is 8.39. The molecule has 0 unspecified atom stereocenters. The van der Waals surface area contributed by atoms with Crippen LogP contribution in [-0.4, -0.2) is 21.9 Å². The number of benzene rings is 7. The molecule has 9 aromatic rings. The molecule has 0 atom stereocenters. The number of hydrogen-bond acceptors (Lipinski definition) is 4. The van der Waals surface area contributed by atoms with E-state index in [1.165, 1.54) is 63.2 Å². The van der Waals surface area contributed by atoms with Crippen LogP contribution in [0.2, 0.25) is 0 Å². The van der Waals surface area contributed by atoms with E-state index < -0.39 is 0 Å². The molecule has 3 heterocycles. The van der Waals surface area contributed by atoms with E-state index in [2.05, 4.69) is 143 Å². The summed E-state index contributed by atoms with van der Waals surface area (Å²) in [6.45, 7) is 10.9. The molecule has 7 heteroatoms. The number of aromatic nitrogens is 2. The van der Waals surface area contributed by atoms with Gasteiger partial charge in [0.1, 0.15) is 0 Å². The molecule has 4 nitrogen and oxygen atoms in total. The summed E-state index contributed by atoms with van der Waals surface area (Å²) in [5.41, 5.74) is 16.4. The minimum absolute atomic E-state index is 0. The second-order valence-electron chi connectivity index (χ2n) is 17.5. The maximum Gasteiger partial charge on any atom is 0.0949 e. The molecule has 1 aliphatic heterocycles. The van der Waals surface area contributed by atoms with Crippen LogP contribution in [0, 0.1) is 36.5 Å². The van der Waals surface area contributed by atoms with Gasteiger partial charge in [-0.15, -0.1) is 102 Å². The molecule has 10 rings (SSSR count). The average Bonchev–Trinajstić information content (AvgIpc) is 3.83. The van der Waals surface area contributed by atoms with E-state index in [0.717, 1.165) is 33.8 Å². The summed E-state index contributed by atoms with van der Waals surface area (Å²) in [5, 5.41) is 0. The Balaban J connectivity index is 0.000000188. The van der Waals surface area contributed by atoms with Crippen molar-refractivity contribution in [2.24, 2.45) is 0 Å². The third-order valence-corrected chi connectivity index (χ3v) is 11.9. The van der Waals surface area contributed by atoms with Gasteiger partial charge in [0.25, 0.3) is 0 Å². The van der Waals surface area contributed by atoms with Crippen LogP contribution in [0.25, 0.3) is 78.3 Å². The van der Waals surface area contributed by atoms with Crippen molar-refractivity contribution in [3.05, 3.63) is 242 Å². The molecular formula is C62H50F2IrN4-4. The number of hydrogen-bond donors (Lipinski definition) is 0. The Kier molecular flexibility index (Phi) is 15.2. The minimum atomic E-state index is -0.349. The van der Waals surface area contributed by atoms with Gasteiger partial charge in [-0.1, -0.05) is 143 Å². The van der Waals surface area contributed by atoms with Gasteiger partial charge in [-0.05, 0) is 110 Å². The molecule has 0 saturated carbocycles. The Hall–Kier alpha value is -7.31. The van der Waals surface area contributed by atoms with Crippen LogP contribution in [0.15, 0.2) is 194 Å². The third-order valence-electron chi connectivity index (χ3n) is 11.9. The minimum Gasteiger partial charge on any atom is -0.510 e. The largest absolute Gasteiger partial charge is 0.510 e. The average molecular weight is 1080 g/mol. The van der Waals surface area contributed by atoms with Gasteiger partial charge in [-0.3, -0.25) is 13.8 Å². The topological polar surface area (TPSA) is 32.3 Å². The molecule has 7 aromatic carbocycles. The van der Waals surface area contributed by atoms with Gasteiger partial charge in [-0.25, -0.2) is 0 Å². The maximum atomic E-state index is 13.7. The Morgan fingerprint density at radius 3 is 1.41 bits per heavy atom. The molecular weight excluding hydrogens is 1030 g/mol. The molecule has 0 spiro atoms. The van der Waals surface area contributed by atoms with Crippen molar-refractivity contribution < 1.29 is 28.9 Å². The molecule has 2 aromatic heterocycles. The van der Waals surface area contributed by atoms with Crippen LogP contribution < -0.4 is 4.90 Å². The summed E-state index contributed by atoms with van der Waals surface area (Å²) in [7, 11) is 2.01. The summed E-state index contributed by atoms with van der Waals surface area (Å²) in [4.78, 5) is 13.8. The summed E-state index contributed by atoms with van der Waals surface area (Å²) in [6.07, 6.45) is 4.03. The second-order valence-corrected chi connectivity index (χ2v) is 17.5. The van der Waals surface area contributed by atoms with Gasteiger partial charge in [0, 0.05) is 31.7 Å². The van der Waals surface area contributed by atoms with Crippen molar-refractivity contribution in [3.63, 3.8) is 0 Å². The third kappa shape index (κ3) is 11.4. The van der Waals surface area contributed by atoms with E-state index in [0.29, 0.717) is 22.5 Å². The van der Waals surface area contributed by atoms with Crippen LogP contribution in [0.3, 0.4) is 0 Å². The van der Waals surface area contributed by atoms with Gasteiger partial charge in [0.2, 0.25) is 0 Å². The molecule has 0 N–H and O–H groups in total. The van der Waals surface area contributed by atoms with Gasteiger partial charge in [0.15, 0.2) is 0 Å². The number of rotatable bonds is 10. The normalized spacial score (nSPS) is 12.0. The van der Waals surface area contributed by atoms with Gasteiger partial charge in [0.05, 0.1) is 5.82 Å². The van der Waals surface area contributed by atoms with Crippen molar-refractivity contribution in [2.45, 2.75) is 39.5 Å². The fraction of sp³-hybridized carbons (Fsp3) is 0.113. The number of pyridine rings is 2. The first-order valence-corrected chi connectivity index (χ1v) is 22.9. The fourth-order valence-corrected chi connectivity index (χ4v) is 8.39. The van der Waals surface area contributed by atoms with E-state index in [1.807, 2.05) is 84.4 Å². The van der Waals surface area contributed by atoms with Gasteiger partial charge in [-0.2, -0.15) is 0 Å². The number of anilines is 1. The zero-order chi connectivity index (χ0) is 47.1. The second kappa shape index (κ2) is 21.8. The summed E-state index contributed by atoms with van der Waals surface area (Å²) in [6, 6.07) is 68.7. The van der Waals surface area contributed by atoms with Crippen molar-refractivity contribution in [1.29, 1.82) is 0 Å². The van der Waals surface area contributed by atoms with Gasteiger partial charge < -0.3 is 14.8 Å². The van der Waals surface area contributed by atoms with Crippen molar-refractivity contribution in [1.82, 2.24) is 14.9 Å². The number of nitrogens with zero attached hydrogens (tertiary/aromatic N) is 4. The quantitative estimate of drug-likeness (QED) is 0.128. The van der Waals surface area contributed by atoms with E-state index in [9.17, 15) is 8.78 Å². The van der Waals surface area contributed by atoms with Crippen molar-refractivity contribution in [3.8, 4) is 78.3 Å². The first kappa shape index (κ1) is 48.2. The van der Waals surface area contributed by atoms with Crippen LogP contribution in [0.4, 0.5) is 14.6 Å². The van der Waals surface area contributed by atoms with Crippen LogP contribution in [0.1, 0.15) is 50.7 Å². The first-order chi connectivity index (χ1) is 33.1. The smallest absolute Gasteiger partial charge is 0.0949 e. The van der Waals surface area contributed by atoms with Crippen LogP contribution in [0.5, 0.6) is 0 Å². The molecule has 0 amide bonds. The Labute approximate surface area is 419 Å². The first-order valence-electron chi connectivity index (χ1n) is 22.9. The number of halogens is 2.